The lowest BCUT2D eigenvalue weighted by Crippen LogP contribution is -2.32. The third-order valence-corrected chi connectivity index (χ3v) is 5.95. The Morgan fingerprint density at radius 1 is 1.09 bits per heavy atom. The predicted octanol–water partition coefficient (Wildman–Crippen LogP) is 4.90. The van der Waals surface area contributed by atoms with E-state index in [0.717, 1.165) is 11.1 Å². The van der Waals surface area contributed by atoms with Gasteiger partial charge >= 0.3 is 0 Å². The summed E-state index contributed by atoms with van der Waals surface area (Å²) >= 11 is 6.06. The zero-order chi connectivity index (χ0) is 22.7. The summed E-state index contributed by atoms with van der Waals surface area (Å²) in [5.41, 5.74) is 2.84. The van der Waals surface area contributed by atoms with Crippen LogP contribution in [0.3, 0.4) is 0 Å². The molecule has 0 fully saturated rings. The number of amides is 1. The van der Waals surface area contributed by atoms with Crippen molar-refractivity contribution < 1.29 is 14.7 Å². The van der Waals surface area contributed by atoms with Crippen molar-refractivity contribution in [2.24, 2.45) is 0 Å². The fraction of sp³-hybridized carbons (Fsp3) is 0.240. The fourth-order valence-corrected chi connectivity index (χ4v) is 4.13. The van der Waals surface area contributed by atoms with Crippen LogP contribution in [0, 0.1) is 6.92 Å². The zero-order valence-electron chi connectivity index (χ0n) is 17.7. The number of Topliss-reactive ketones (excluding diaryl/α,β-unsaturated/α-hetero) is 1. The number of imidazole rings is 1. The lowest BCUT2D eigenvalue weighted by atomic mass is 9.93. The van der Waals surface area contributed by atoms with Crippen LogP contribution in [0.5, 0.6) is 0 Å². The van der Waals surface area contributed by atoms with E-state index in [2.05, 4.69) is 4.98 Å². The third kappa shape index (κ3) is 4.60. The molecule has 164 valence electrons. The second-order valence-electron chi connectivity index (χ2n) is 7.95. The number of nitrogens with zero attached hydrogens (tertiary/aromatic N) is 3. The molecule has 4 rings (SSSR count). The molecule has 1 aliphatic rings. The highest BCUT2D eigenvalue weighted by Gasteiger charge is 2.40. The van der Waals surface area contributed by atoms with E-state index in [1.54, 1.807) is 41.7 Å². The van der Waals surface area contributed by atoms with E-state index < -0.39 is 11.9 Å². The van der Waals surface area contributed by atoms with E-state index in [1.165, 1.54) is 0 Å². The first kappa shape index (κ1) is 21.8. The Balaban J connectivity index is 1.60. The topological polar surface area (TPSA) is 75.4 Å². The van der Waals surface area contributed by atoms with Crippen LogP contribution >= 0.6 is 11.6 Å². The maximum Gasteiger partial charge on any atom is 0.289 e. The molecule has 7 heteroatoms. The van der Waals surface area contributed by atoms with Crippen LogP contribution in [0.1, 0.15) is 40.4 Å². The van der Waals surface area contributed by atoms with Crippen molar-refractivity contribution in [1.29, 1.82) is 0 Å². The smallest absolute Gasteiger partial charge is 0.289 e. The average Bonchev–Trinajstić information content (AvgIpc) is 3.38. The number of carbonyl (C=O) groups is 2. The molecule has 1 aliphatic heterocycles. The van der Waals surface area contributed by atoms with Crippen molar-refractivity contribution in [2.45, 2.75) is 32.4 Å². The number of aliphatic hydroxyl groups excluding tert-OH is 1. The molecule has 2 heterocycles. The van der Waals surface area contributed by atoms with Crippen LogP contribution in [0.2, 0.25) is 5.02 Å². The summed E-state index contributed by atoms with van der Waals surface area (Å²) in [5, 5.41) is 11.3. The molecule has 1 amide bonds. The van der Waals surface area contributed by atoms with Gasteiger partial charge in [0.1, 0.15) is 0 Å². The van der Waals surface area contributed by atoms with Gasteiger partial charge in [-0.15, -0.1) is 0 Å². The molecule has 1 N–H and O–H groups in total. The van der Waals surface area contributed by atoms with Gasteiger partial charge in [0.25, 0.3) is 5.91 Å². The molecule has 2 aromatic carbocycles. The fourth-order valence-electron chi connectivity index (χ4n) is 4.00. The van der Waals surface area contributed by atoms with Crippen LogP contribution in [0.15, 0.2) is 78.6 Å². The minimum atomic E-state index is -0.517. The Morgan fingerprint density at radius 3 is 2.47 bits per heavy atom. The maximum absolute atomic E-state index is 13.0. The predicted molar refractivity (Wildman–Crippen MR) is 123 cm³/mol. The highest BCUT2D eigenvalue weighted by atomic mass is 35.5. The van der Waals surface area contributed by atoms with Gasteiger partial charge in [0.15, 0.2) is 11.5 Å². The first-order chi connectivity index (χ1) is 15.4. The Hall–Kier alpha value is -3.38. The average molecular weight is 450 g/mol. The number of rotatable bonds is 8. The van der Waals surface area contributed by atoms with Gasteiger partial charge in [0.05, 0.1) is 12.4 Å². The van der Waals surface area contributed by atoms with Crippen molar-refractivity contribution >= 4 is 23.3 Å². The molecule has 3 aromatic rings. The number of hydrogen-bond acceptors (Lipinski definition) is 4. The van der Waals surface area contributed by atoms with E-state index in [-0.39, 0.29) is 18.0 Å². The van der Waals surface area contributed by atoms with Gasteiger partial charge < -0.3 is 14.6 Å². The van der Waals surface area contributed by atoms with Crippen LogP contribution in [0.25, 0.3) is 0 Å². The Kier molecular flexibility index (Phi) is 6.42. The first-order valence-electron chi connectivity index (χ1n) is 10.5. The van der Waals surface area contributed by atoms with Gasteiger partial charge in [-0.2, -0.15) is 0 Å². The van der Waals surface area contributed by atoms with Crippen molar-refractivity contribution in [1.82, 2.24) is 14.5 Å². The number of aliphatic hydroxyl groups is 1. The summed E-state index contributed by atoms with van der Waals surface area (Å²) in [6.07, 6.45) is 5.94. The van der Waals surface area contributed by atoms with Gasteiger partial charge in [-0.1, -0.05) is 53.6 Å². The van der Waals surface area contributed by atoms with Gasteiger partial charge in [-0.3, -0.25) is 9.59 Å². The molecule has 0 aliphatic carbocycles. The molecule has 0 bridgehead atoms. The largest absolute Gasteiger partial charge is 0.503 e. The summed E-state index contributed by atoms with van der Waals surface area (Å²) in [4.78, 5) is 31.6. The summed E-state index contributed by atoms with van der Waals surface area (Å²) < 4.78 is 1.94. The molecule has 0 radical (unpaired) electrons. The summed E-state index contributed by atoms with van der Waals surface area (Å²) in [6, 6.07) is 13.9. The second kappa shape index (κ2) is 9.40. The number of carbonyl (C=O) groups excluding carboxylic acids is 2. The molecule has 6 nitrogen and oxygen atoms in total. The lowest BCUT2D eigenvalue weighted by Gasteiger charge is -2.27. The molecule has 0 saturated carbocycles. The minimum Gasteiger partial charge on any atom is -0.503 e. The van der Waals surface area contributed by atoms with Gasteiger partial charge in [0, 0.05) is 48.1 Å². The Labute approximate surface area is 191 Å². The lowest BCUT2D eigenvalue weighted by molar-refractivity contribution is -0.129. The molecular weight excluding hydrogens is 426 g/mol. The summed E-state index contributed by atoms with van der Waals surface area (Å²) in [6.45, 7) is 3.07. The van der Waals surface area contributed by atoms with Crippen LogP contribution < -0.4 is 0 Å². The van der Waals surface area contributed by atoms with E-state index in [9.17, 15) is 14.7 Å². The van der Waals surface area contributed by atoms with Crippen molar-refractivity contribution in [2.75, 3.05) is 6.54 Å². The summed E-state index contributed by atoms with van der Waals surface area (Å²) in [5.74, 6) is -0.936. The number of benzene rings is 2. The third-order valence-electron chi connectivity index (χ3n) is 5.69. The normalized spacial score (nSPS) is 16.1. The van der Waals surface area contributed by atoms with E-state index in [4.69, 9.17) is 11.6 Å². The van der Waals surface area contributed by atoms with Crippen LogP contribution in [-0.2, 0) is 11.3 Å². The van der Waals surface area contributed by atoms with E-state index in [0.29, 0.717) is 35.7 Å². The SMILES string of the molecule is Cc1ccc(C(=O)CC2=C(O)C(=O)N(CCCn3ccnc3)[C@H]2c2ccc(Cl)cc2)cc1. The quantitative estimate of drug-likeness (QED) is 0.496. The monoisotopic (exact) mass is 449 g/mol. The Bertz CT molecular complexity index is 1140. The summed E-state index contributed by atoms with van der Waals surface area (Å²) in [7, 11) is 0. The number of halogens is 1. The Morgan fingerprint density at radius 2 is 1.81 bits per heavy atom. The van der Waals surface area contributed by atoms with Crippen LogP contribution in [0.4, 0.5) is 0 Å². The highest BCUT2D eigenvalue weighted by molar-refractivity contribution is 6.30. The number of ketones is 1. The van der Waals surface area contributed by atoms with Crippen molar-refractivity contribution in [3.05, 3.63) is 100 Å². The molecule has 0 spiro atoms. The maximum atomic E-state index is 13.0. The zero-order valence-corrected chi connectivity index (χ0v) is 18.5. The molecule has 1 aromatic heterocycles. The van der Waals surface area contributed by atoms with E-state index >= 15 is 0 Å². The standard InChI is InChI=1S/C25H24ClN3O3/c1-17-3-5-18(6-4-17)22(30)15-21-23(19-7-9-20(26)10-8-19)29(25(32)24(21)31)13-2-12-28-14-11-27-16-28/h3-11,14,16,23,31H,2,12-13,15H2,1H3/t23-/m0/s1. The molecule has 0 unspecified atom stereocenters. The number of aryl methyl sites for hydroxylation is 2. The highest BCUT2D eigenvalue weighted by Crippen LogP contribution is 2.40. The van der Waals surface area contributed by atoms with E-state index in [1.807, 2.05) is 42.0 Å². The molecular formula is C25H24ClN3O3. The molecule has 0 saturated heterocycles. The minimum absolute atomic E-state index is 0.0358. The first-order valence-corrected chi connectivity index (χ1v) is 10.9. The van der Waals surface area contributed by atoms with Gasteiger partial charge in [-0.25, -0.2) is 4.98 Å². The molecule has 1 atom stereocenters. The molecule has 32 heavy (non-hydrogen) atoms. The second-order valence-corrected chi connectivity index (χ2v) is 8.38. The number of aromatic nitrogens is 2. The van der Waals surface area contributed by atoms with Gasteiger partial charge in [0.2, 0.25) is 0 Å². The van der Waals surface area contributed by atoms with Crippen molar-refractivity contribution in [3.8, 4) is 0 Å². The van der Waals surface area contributed by atoms with Crippen molar-refractivity contribution in [3.63, 3.8) is 0 Å². The van der Waals surface area contributed by atoms with Gasteiger partial charge in [-0.05, 0) is 31.0 Å². The van der Waals surface area contributed by atoms with Crippen LogP contribution in [-0.4, -0.2) is 37.8 Å². The number of hydrogen-bond donors (Lipinski definition) is 1.